The maximum Gasteiger partial charge on any atom is 0.313 e. The zero-order chi connectivity index (χ0) is 14.3. The number of thioether (sulfide) groups is 1. The van der Waals surface area contributed by atoms with Crippen LogP contribution in [0.15, 0.2) is 24.3 Å². The van der Waals surface area contributed by atoms with Gasteiger partial charge in [-0.2, -0.15) is 0 Å². The summed E-state index contributed by atoms with van der Waals surface area (Å²) in [6.07, 6.45) is 0. The van der Waals surface area contributed by atoms with Gasteiger partial charge in [0.1, 0.15) is 5.75 Å². The highest BCUT2D eigenvalue weighted by molar-refractivity contribution is 8.00. The maximum absolute atomic E-state index is 11.6. The van der Waals surface area contributed by atoms with Gasteiger partial charge in [0, 0.05) is 0 Å². The molecule has 1 rings (SSSR count). The summed E-state index contributed by atoms with van der Waals surface area (Å²) < 4.78 is 5.06. The quantitative estimate of drug-likeness (QED) is 0.796. The van der Waals surface area contributed by atoms with Gasteiger partial charge in [-0.05, 0) is 24.6 Å². The van der Waals surface area contributed by atoms with Crippen LogP contribution in [-0.4, -0.2) is 35.6 Å². The monoisotopic (exact) mass is 283 g/mol. The summed E-state index contributed by atoms with van der Waals surface area (Å²) >= 11 is 1.08. The Labute approximate surface area is 116 Å². The maximum atomic E-state index is 11.6. The number of carboxylic acids is 1. The minimum atomic E-state index is -0.916. The molecule has 6 heteroatoms. The van der Waals surface area contributed by atoms with Crippen molar-refractivity contribution in [3.8, 4) is 5.75 Å². The van der Waals surface area contributed by atoms with Crippen LogP contribution in [-0.2, 0) is 9.59 Å². The van der Waals surface area contributed by atoms with Crippen molar-refractivity contribution in [1.29, 1.82) is 0 Å². The Balaban J connectivity index is 2.42. The number of carbonyl (C=O) groups is 2. The van der Waals surface area contributed by atoms with E-state index in [4.69, 9.17) is 9.84 Å². The summed E-state index contributed by atoms with van der Waals surface area (Å²) in [4.78, 5) is 21.9. The smallest absolute Gasteiger partial charge is 0.313 e. The highest BCUT2D eigenvalue weighted by Gasteiger charge is 2.10. The molecule has 1 atom stereocenters. The van der Waals surface area contributed by atoms with E-state index < -0.39 is 5.97 Å². The molecule has 0 radical (unpaired) electrons. The highest BCUT2D eigenvalue weighted by Crippen LogP contribution is 2.17. The lowest BCUT2D eigenvalue weighted by Gasteiger charge is -2.14. The second-order valence-corrected chi connectivity index (χ2v) is 4.93. The van der Waals surface area contributed by atoms with Crippen LogP contribution in [0.5, 0.6) is 5.75 Å². The number of hydrogen-bond donors (Lipinski definition) is 2. The van der Waals surface area contributed by atoms with Crippen molar-refractivity contribution in [2.24, 2.45) is 0 Å². The van der Waals surface area contributed by atoms with E-state index in [9.17, 15) is 9.59 Å². The van der Waals surface area contributed by atoms with Gasteiger partial charge < -0.3 is 15.2 Å². The summed E-state index contributed by atoms with van der Waals surface area (Å²) in [6.45, 7) is 1.88. The number of benzene rings is 1. The first-order chi connectivity index (χ1) is 9.02. The van der Waals surface area contributed by atoms with Gasteiger partial charge >= 0.3 is 5.97 Å². The second kappa shape index (κ2) is 7.68. The minimum absolute atomic E-state index is 0.0651. The van der Waals surface area contributed by atoms with Crippen LogP contribution in [0.2, 0.25) is 0 Å². The molecule has 2 N–H and O–H groups in total. The van der Waals surface area contributed by atoms with Crippen LogP contribution >= 0.6 is 11.8 Å². The van der Waals surface area contributed by atoms with E-state index in [0.29, 0.717) is 0 Å². The molecular formula is C13H17NO4S. The van der Waals surface area contributed by atoms with E-state index in [1.807, 2.05) is 31.2 Å². The van der Waals surface area contributed by atoms with Gasteiger partial charge in [-0.15, -0.1) is 11.8 Å². The predicted molar refractivity (Wildman–Crippen MR) is 74.5 cm³/mol. The summed E-state index contributed by atoms with van der Waals surface area (Å²) in [5.41, 5.74) is 0.970. The number of amides is 1. The zero-order valence-electron chi connectivity index (χ0n) is 10.9. The lowest BCUT2D eigenvalue weighted by Crippen LogP contribution is -2.28. The number of methoxy groups -OCH3 is 1. The molecule has 0 heterocycles. The van der Waals surface area contributed by atoms with Crippen LogP contribution in [0.25, 0.3) is 0 Å². The topological polar surface area (TPSA) is 75.6 Å². The third-order valence-electron chi connectivity index (χ3n) is 2.45. The molecule has 0 unspecified atom stereocenters. The molecule has 0 saturated heterocycles. The van der Waals surface area contributed by atoms with E-state index in [-0.39, 0.29) is 23.5 Å². The van der Waals surface area contributed by atoms with Crippen LogP contribution in [0, 0.1) is 0 Å². The Bertz CT molecular complexity index is 433. The Morgan fingerprint density at radius 2 is 1.95 bits per heavy atom. The molecular weight excluding hydrogens is 266 g/mol. The first-order valence-electron chi connectivity index (χ1n) is 5.75. The lowest BCUT2D eigenvalue weighted by molar-refractivity contribution is -0.133. The molecule has 0 fully saturated rings. The van der Waals surface area contributed by atoms with Crippen LogP contribution in [0.1, 0.15) is 18.5 Å². The van der Waals surface area contributed by atoms with Crippen molar-refractivity contribution in [2.75, 3.05) is 18.6 Å². The average molecular weight is 283 g/mol. The molecule has 19 heavy (non-hydrogen) atoms. The molecule has 104 valence electrons. The second-order valence-electron chi connectivity index (χ2n) is 3.95. The molecule has 1 aromatic rings. The first kappa shape index (κ1) is 15.4. The van der Waals surface area contributed by atoms with Crippen LogP contribution in [0.3, 0.4) is 0 Å². The van der Waals surface area contributed by atoms with Crippen molar-refractivity contribution in [2.45, 2.75) is 13.0 Å². The molecule has 0 bridgehead atoms. The van der Waals surface area contributed by atoms with Crippen molar-refractivity contribution >= 4 is 23.6 Å². The molecule has 1 aromatic carbocycles. The van der Waals surface area contributed by atoms with Gasteiger partial charge in [0.2, 0.25) is 5.91 Å². The number of carbonyl (C=O) groups excluding carboxylic acids is 1. The van der Waals surface area contributed by atoms with Gasteiger partial charge in [0.05, 0.1) is 24.7 Å². The molecule has 5 nitrogen and oxygen atoms in total. The summed E-state index contributed by atoms with van der Waals surface area (Å²) in [5.74, 6) is -0.244. The van der Waals surface area contributed by atoms with Crippen molar-refractivity contribution in [3.05, 3.63) is 29.8 Å². The summed E-state index contributed by atoms with van der Waals surface area (Å²) in [7, 11) is 1.60. The molecule has 0 aromatic heterocycles. The van der Waals surface area contributed by atoms with Crippen molar-refractivity contribution < 1.29 is 19.4 Å². The van der Waals surface area contributed by atoms with Gasteiger partial charge in [-0.25, -0.2) is 0 Å². The fraction of sp³-hybridized carbons (Fsp3) is 0.385. The van der Waals surface area contributed by atoms with Crippen LogP contribution < -0.4 is 10.1 Å². The van der Waals surface area contributed by atoms with Crippen LogP contribution in [0.4, 0.5) is 0 Å². The van der Waals surface area contributed by atoms with E-state index in [0.717, 1.165) is 23.1 Å². The number of carboxylic acid groups (broad SMARTS) is 1. The first-order valence-corrected chi connectivity index (χ1v) is 6.91. The molecule has 0 aliphatic heterocycles. The Morgan fingerprint density at radius 1 is 1.32 bits per heavy atom. The standard InChI is InChI=1S/C13H17NO4S/c1-9(10-3-5-11(18-2)6-4-10)14-12(15)7-19-8-13(16)17/h3-6,9H,7-8H2,1-2H3,(H,14,15)(H,16,17)/t9-/m0/s1. The minimum Gasteiger partial charge on any atom is -0.497 e. The van der Waals surface area contributed by atoms with E-state index in [1.165, 1.54) is 0 Å². The summed E-state index contributed by atoms with van der Waals surface area (Å²) in [5, 5.41) is 11.3. The van der Waals surface area contributed by atoms with Gasteiger partial charge in [-0.3, -0.25) is 9.59 Å². The largest absolute Gasteiger partial charge is 0.497 e. The van der Waals surface area contributed by atoms with E-state index >= 15 is 0 Å². The van der Waals surface area contributed by atoms with Gasteiger partial charge in [0.15, 0.2) is 0 Å². The Kier molecular flexibility index (Phi) is 6.21. The van der Waals surface area contributed by atoms with Gasteiger partial charge in [0.25, 0.3) is 0 Å². The fourth-order valence-corrected chi connectivity index (χ4v) is 2.04. The van der Waals surface area contributed by atoms with Gasteiger partial charge in [-0.1, -0.05) is 12.1 Å². The number of ether oxygens (including phenoxy) is 1. The highest BCUT2D eigenvalue weighted by atomic mass is 32.2. The Hall–Kier alpha value is -1.69. The third-order valence-corrected chi connectivity index (χ3v) is 3.37. The predicted octanol–water partition coefficient (Wildman–Crippen LogP) is 1.69. The number of rotatable bonds is 7. The molecule has 0 spiro atoms. The summed E-state index contributed by atoms with van der Waals surface area (Å²) in [6, 6.07) is 7.31. The SMILES string of the molecule is COc1ccc([C@H](C)NC(=O)CSCC(=O)O)cc1. The molecule has 0 saturated carbocycles. The molecule has 0 aliphatic rings. The zero-order valence-corrected chi connectivity index (χ0v) is 11.7. The van der Waals surface area contributed by atoms with Crippen molar-refractivity contribution in [3.63, 3.8) is 0 Å². The van der Waals surface area contributed by atoms with Crippen molar-refractivity contribution in [1.82, 2.24) is 5.32 Å². The lowest BCUT2D eigenvalue weighted by atomic mass is 10.1. The fourth-order valence-electron chi connectivity index (χ4n) is 1.49. The van der Waals surface area contributed by atoms with E-state index in [2.05, 4.69) is 5.32 Å². The Morgan fingerprint density at radius 3 is 2.47 bits per heavy atom. The van der Waals surface area contributed by atoms with E-state index in [1.54, 1.807) is 7.11 Å². The number of aliphatic carboxylic acids is 1. The molecule has 1 amide bonds. The molecule has 0 aliphatic carbocycles. The average Bonchev–Trinajstić information content (AvgIpc) is 2.38. The number of hydrogen-bond acceptors (Lipinski definition) is 4. The normalized spacial score (nSPS) is 11.7. The number of nitrogens with one attached hydrogen (secondary N) is 1. The third kappa shape index (κ3) is 5.65.